The fourth-order valence-electron chi connectivity index (χ4n) is 1.79. The van der Waals surface area contributed by atoms with Crippen molar-refractivity contribution in [3.63, 3.8) is 0 Å². The molecule has 2 aromatic heterocycles. The maximum Gasteiger partial charge on any atom is 0.270 e. The minimum atomic E-state index is -1.27. The molecule has 0 saturated carbocycles. The number of aromatic nitrogens is 8. The number of aryl methyl sites for hydroxylation is 1. The van der Waals surface area contributed by atoms with Crippen molar-refractivity contribution in [1.29, 1.82) is 0 Å². The number of thioether (sulfide) groups is 1. The van der Waals surface area contributed by atoms with Crippen LogP contribution >= 0.6 is 11.8 Å². The van der Waals surface area contributed by atoms with Gasteiger partial charge in [-0.05, 0) is 33.3 Å². The lowest BCUT2D eigenvalue weighted by Crippen LogP contribution is -2.22. The molecule has 0 unspecified atom stereocenters. The summed E-state index contributed by atoms with van der Waals surface area (Å²) in [6.07, 6.45) is 0. The second-order valence-corrected chi connectivity index (χ2v) is 5.59. The van der Waals surface area contributed by atoms with Gasteiger partial charge in [-0.2, -0.15) is 9.48 Å². The van der Waals surface area contributed by atoms with Crippen molar-refractivity contribution in [2.45, 2.75) is 5.16 Å². The van der Waals surface area contributed by atoms with E-state index in [2.05, 4.69) is 36.3 Å². The molecule has 3 aromatic rings. The molecular weight excluding hydrogens is 350 g/mol. The zero-order chi connectivity index (χ0) is 17.8. The molecule has 12 nitrogen and oxygen atoms in total. The van der Waals surface area contributed by atoms with E-state index >= 15 is 0 Å². The fourth-order valence-corrected chi connectivity index (χ4v) is 2.49. The van der Waals surface area contributed by atoms with Crippen LogP contribution in [-0.2, 0) is 11.8 Å². The second-order valence-electron chi connectivity index (χ2n) is 4.65. The van der Waals surface area contributed by atoms with Crippen molar-refractivity contribution >= 4 is 29.6 Å². The van der Waals surface area contributed by atoms with E-state index in [4.69, 9.17) is 0 Å². The van der Waals surface area contributed by atoms with Crippen molar-refractivity contribution in [3.05, 3.63) is 29.8 Å². The van der Waals surface area contributed by atoms with Crippen LogP contribution in [0.2, 0.25) is 0 Å². The summed E-state index contributed by atoms with van der Waals surface area (Å²) in [5, 5.41) is 36.0. The molecule has 0 aliphatic rings. The summed E-state index contributed by atoms with van der Waals surface area (Å²) in [5.41, 5.74) is 0.593. The number of hydrogen-bond acceptors (Lipinski definition) is 10. The predicted octanol–water partition coefficient (Wildman–Crippen LogP) is -1.72. The summed E-state index contributed by atoms with van der Waals surface area (Å²) in [6, 6.07) is 5.84. The molecule has 25 heavy (non-hydrogen) atoms. The van der Waals surface area contributed by atoms with E-state index in [1.54, 1.807) is 7.05 Å². The molecule has 1 N–H and O–H groups in total. The van der Waals surface area contributed by atoms with E-state index in [1.165, 1.54) is 33.7 Å². The van der Waals surface area contributed by atoms with E-state index in [0.29, 0.717) is 10.8 Å². The maximum absolute atomic E-state index is 11.9. The number of hydrogen-bond donors (Lipinski definition) is 1. The van der Waals surface area contributed by atoms with Crippen LogP contribution in [0, 0.1) is 0 Å². The molecule has 0 aliphatic carbocycles. The summed E-state index contributed by atoms with van der Waals surface area (Å²) in [7, 11) is 1.58. The van der Waals surface area contributed by atoms with Crippen molar-refractivity contribution in [2.24, 2.45) is 7.05 Å². The molecule has 3 rings (SSSR count). The Labute approximate surface area is 144 Å². The lowest BCUT2D eigenvalue weighted by Gasteiger charge is -2.06. The third kappa shape index (κ3) is 3.95. The number of carbonyl (C=O) groups is 2. The first-order valence-corrected chi connectivity index (χ1v) is 7.78. The standard InChI is InChI=1S/C12H11N9O3S/c1-20-16-11(14-18-20)13-9(22)6-25-12-15-17-19-21(12)8-4-2-7(3-5-8)10(23)24/h2-5H,6H2,1H3,(H,23,24)(H,13,16,22)/p-1. The minimum Gasteiger partial charge on any atom is -0.545 e. The molecule has 0 spiro atoms. The number of rotatable bonds is 6. The third-order valence-electron chi connectivity index (χ3n) is 2.88. The largest absolute Gasteiger partial charge is 0.545 e. The number of aromatic carboxylic acids is 1. The average Bonchev–Trinajstić information content (AvgIpc) is 3.22. The van der Waals surface area contributed by atoms with E-state index in [9.17, 15) is 14.7 Å². The molecular formula is C12H10N9O3S-. The van der Waals surface area contributed by atoms with Gasteiger partial charge in [-0.3, -0.25) is 10.1 Å². The van der Waals surface area contributed by atoms with Gasteiger partial charge in [-0.1, -0.05) is 29.0 Å². The molecule has 0 radical (unpaired) electrons. The number of anilines is 1. The quantitative estimate of drug-likeness (QED) is 0.501. The molecule has 0 saturated heterocycles. The number of nitrogens with one attached hydrogen (secondary N) is 1. The molecule has 2 heterocycles. The topological polar surface area (TPSA) is 156 Å². The van der Waals surface area contributed by atoms with E-state index < -0.39 is 5.97 Å². The van der Waals surface area contributed by atoms with Crippen molar-refractivity contribution < 1.29 is 14.7 Å². The van der Waals surface area contributed by atoms with Crippen LogP contribution in [0.5, 0.6) is 0 Å². The summed E-state index contributed by atoms with van der Waals surface area (Å²) < 4.78 is 1.39. The van der Waals surface area contributed by atoms with Crippen LogP contribution in [0.4, 0.5) is 5.95 Å². The molecule has 1 aromatic carbocycles. The smallest absolute Gasteiger partial charge is 0.270 e. The Bertz CT molecular complexity index is 905. The first kappa shape index (κ1) is 16.5. The number of carboxylic acids is 1. The monoisotopic (exact) mass is 360 g/mol. The van der Waals surface area contributed by atoms with Crippen molar-refractivity contribution in [2.75, 3.05) is 11.1 Å². The number of carboxylic acid groups (broad SMARTS) is 1. The number of tetrazole rings is 2. The Morgan fingerprint density at radius 2 is 1.96 bits per heavy atom. The highest BCUT2D eigenvalue weighted by atomic mass is 32.2. The maximum atomic E-state index is 11.9. The van der Waals surface area contributed by atoms with Crippen LogP contribution in [0.1, 0.15) is 10.4 Å². The second kappa shape index (κ2) is 7.04. The fraction of sp³-hybridized carbons (Fsp3) is 0.167. The van der Waals surface area contributed by atoms with Gasteiger partial charge in [-0.15, -0.1) is 10.2 Å². The number of carbonyl (C=O) groups excluding carboxylic acids is 2. The highest BCUT2D eigenvalue weighted by molar-refractivity contribution is 7.99. The Hall–Kier alpha value is -3.35. The Balaban J connectivity index is 1.65. The highest BCUT2D eigenvalue weighted by Crippen LogP contribution is 2.18. The lowest BCUT2D eigenvalue weighted by atomic mass is 10.2. The number of benzene rings is 1. The SMILES string of the molecule is Cn1nnc(NC(=O)CSc2nnnn2-c2ccc(C(=O)[O-])cc2)n1. The molecule has 13 heteroatoms. The van der Waals surface area contributed by atoms with E-state index in [0.717, 1.165) is 11.8 Å². The van der Waals surface area contributed by atoms with Crippen LogP contribution in [-0.4, -0.2) is 58.0 Å². The molecule has 128 valence electrons. The van der Waals surface area contributed by atoms with Gasteiger partial charge in [0.05, 0.1) is 24.5 Å². The van der Waals surface area contributed by atoms with Gasteiger partial charge >= 0.3 is 0 Å². The predicted molar refractivity (Wildman–Crippen MR) is 81.6 cm³/mol. The van der Waals surface area contributed by atoms with Crippen molar-refractivity contribution in [1.82, 2.24) is 40.4 Å². The molecule has 0 bridgehead atoms. The zero-order valence-electron chi connectivity index (χ0n) is 12.7. The summed E-state index contributed by atoms with van der Waals surface area (Å²) in [5.74, 6) is -1.49. The van der Waals surface area contributed by atoms with E-state index in [-0.39, 0.29) is 23.2 Å². The normalized spacial score (nSPS) is 10.6. The molecule has 0 atom stereocenters. The number of nitrogens with zero attached hydrogens (tertiary/aromatic N) is 8. The van der Waals surface area contributed by atoms with Gasteiger partial charge in [0.15, 0.2) is 0 Å². The van der Waals surface area contributed by atoms with E-state index in [1.807, 2.05) is 0 Å². The highest BCUT2D eigenvalue weighted by Gasteiger charge is 2.13. The zero-order valence-corrected chi connectivity index (χ0v) is 13.5. The van der Waals surface area contributed by atoms with Gasteiger partial charge in [0.25, 0.3) is 5.95 Å². The summed E-state index contributed by atoms with van der Waals surface area (Å²) >= 11 is 1.10. The van der Waals surface area contributed by atoms with Gasteiger partial charge in [0, 0.05) is 0 Å². The molecule has 1 amide bonds. The van der Waals surface area contributed by atoms with Crippen LogP contribution in [0.3, 0.4) is 0 Å². The summed E-state index contributed by atoms with van der Waals surface area (Å²) in [4.78, 5) is 23.9. The van der Waals surface area contributed by atoms with Gasteiger partial charge < -0.3 is 9.90 Å². The third-order valence-corrected chi connectivity index (χ3v) is 3.80. The number of amides is 1. The summed E-state index contributed by atoms with van der Waals surface area (Å²) in [6.45, 7) is 0. The first-order chi connectivity index (χ1) is 12.0. The Morgan fingerprint density at radius 1 is 1.20 bits per heavy atom. The molecule has 0 aliphatic heterocycles. The Morgan fingerprint density at radius 3 is 2.60 bits per heavy atom. The van der Waals surface area contributed by atoms with Gasteiger partial charge in [-0.25, -0.2) is 0 Å². The average molecular weight is 360 g/mol. The Kier molecular flexibility index (Phi) is 4.65. The van der Waals surface area contributed by atoms with Crippen LogP contribution in [0.25, 0.3) is 5.69 Å². The lowest BCUT2D eigenvalue weighted by molar-refractivity contribution is -0.255. The first-order valence-electron chi connectivity index (χ1n) is 6.80. The van der Waals surface area contributed by atoms with Crippen LogP contribution in [0.15, 0.2) is 29.4 Å². The van der Waals surface area contributed by atoms with Gasteiger partial charge in [0.2, 0.25) is 11.1 Å². The molecule has 0 fully saturated rings. The minimum absolute atomic E-state index is 0.0236. The van der Waals surface area contributed by atoms with Gasteiger partial charge in [0.1, 0.15) is 0 Å². The van der Waals surface area contributed by atoms with Crippen LogP contribution < -0.4 is 10.4 Å². The van der Waals surface area contributed by atoms with Crippen molar-refractivity contribution in [3.8, 4) is 5.69 Å².